The van der Waals surface area contributed by atoms with Crippen LogP contribution in [-0.4, -0.2) is 23.6 Å². The highest BCUT2D eigenvalue weighted by Crippen LogP contribution is 2.34. The first-order valence-corrected chi connectivity index (χ1v) is 9.34. The summed E-state index contributed by atoms with van der Waals surface area (Å²) in [6, 6.07) is 3.52. The zero-order valence-corrected chi connectivity index (χ0v) is 14.4. The van der Waals surface area contributed by atoms with E-state index in [4.69, 9.17) is 4.42 Å². The number of aryl methyl sites for hydroxylation is 1. The SMILES string of the molecule is Cc1cc(=O)oc2cc(OS(=O)(=NS(=O)(=O)C(F)(F)F)C(F)(F)F)ccc12. The van der Waals surface area contributed by atoms with Gasteiger partial charge in [0.05, 0.1) is 0 Å². The Balaban J connectivity index is 2.67. The number of nitrogens with zero attached hydrogens (tertiary/aromatic N) is 1. The van der Waals surface area contributed by atoms with Gasteiger partial charge in [-0.05, 0) is 24.6 Å². The highest BCUT2D eigenvalue weighted by atomic mass is 32.3. The van der Waals surface area contributed by atoms with Gasteiger partial charge in [-0.3, -0.25) is 0 Å². The van der Waals surface area contributed by atoms with Crippen molar-refractivity contribution in [2.75, 3.05) is 0 Å². The highest BCUT2D eigenvalue weighted by Gasteiger charge is 2.53. The summed E-state index contributed by atoms with van der Waals surface area (Å²) in [6.07, 6.45) is 0. The van der Waals surface area contributed by atoms with Gasteiger partial charge in [-0.2, -0.15) is 39.0 Å². The molecule has 1 aromatic carbocycles. The maximum atomic E-state index is 13.0. The van der Waals surface area contributed by atoms with Crippen LogP contribution in [0.2, 0.25) is 0 Å². The molecule has 27 heavy (non-hydrogen) atoms. The Morgan fingerprint density at radius 3 is 2.11 bits per heavy atom. The van der Waals surface area contributed by atoms with E-state index in [1.165, 1.54) is 10.7 Å². The van der Waals surface area contributed by atoms with Crippen LogP contribution >= 0.6 is 0 Å². The van der Waals surface area contributed by atoms with Crippen molar-refractivity contribution in [2.45, 2.75) is 17.9 Å². The average molecular weight is 439 g/mol. The van der Waals surface area contributed by atoms with Gasteiger partial charge in [0.2, 0.25) is 0 Å². The molecule has 1 heterocycles. The lowest BCUT2D eigenvalue weighted by Gasteiger charge is -2.15. The molecular formula is C12H7F6NO6S2. The van der Waals surface area contributed by atoms with Crippen LogP contribution in [-0.2, 0) is 20.0 Å². The lowest BCUT2D eigenvalue weighted by Crippen LogP contribution is -2.32. The Bertz CT molecular complexity index is 1170. The number of hydrogen-bond donors (Lipinski definition) is 0. The molecule has 0 amide bonds. The van der Waals surface area contributed by atoms with Gasteiger partial charge in [-0.1, -0.05) is 3.77 Å². The maximum Gasteiger partial charge on any atom is 0.519 e. The molecule has 1 unspecified atom stereocenters. The van der Waals surface area contributed by atoms with Gasteiger partial charge in [-0.25, -0.2) is 4.79 Å². The van der Waals surface area contributed by atoms with E-state index < -0.39 is 42.4 Å². The van der Waals surface area contributed by atoms with E-state index in [0.717, 1.165) is 18.2 Å². The molecule has 0 N–H and O–H groups in total. The van der Waals surface area contributed by atoms with Crippen LogP contribution in [0, 0.1) is 6.92 Å². The number of fused-ring (bicyclic) bond motifs is 1. The zero-order valence-electron chi connectivity index (χ0n) is 12.8. The van der Waals surface area contributed by atoms with Crippen molar-refractivity contribution in [1.82, 2.24) is 0 Å². The van der Waals surface area contributed by atoms with Crippen LogP contribution in [0.15, 0.2) is 37.2 Å². The molecule has 1 aromatic heterocycles. The second kappa shape index (κ2) is 6.40. The van der Waals surface area contributed by atoms with E-state index in [2.05, 4.69) is 4.18 Å². The average Bonchev–Trinajstić information content (AvgIpc) is 2.43. The first-order valence-electron chi connectivity index (χ1n) is 6.46. The largest absolute Gasteiger partial charge is 0.519 e. The summed E-state index contributed by atoms with van der Waals surface area (Å²) in [6.45, 7) is 1.46. The predicted octanol–water partition coefficient (Wildman–Crippen LogP) is 3.23. The summed E-state index contributed by atoms with van der Waals surface area (Å²) in [5, 5.41) is 0.236. The molecule has 0 saturated carbocycles. The van der Waals surface area contributed by atoms with Crippen LogP contribution in [0.5, 0.6) is 5.75 Å². The second-order valence-corrected chi connectivity index (χ2v) is 8.49. The number of rotatable bonds is 3. The predicted molar refractivity (Wildman–Crippen MR) is 79.4 cm³/mol. The van der Waals surface area contributed by atoms with Crippen LogP contribution in [0.3, 0.4) is 0 Å². The molecular weight excluding hydrogens is 432 g/mol. The van der Waals surface area contributed by atoms with E-state index in [1.54, 1.807) is 0 Å². The Labute approximate surface area is 147 Å². The molecule has 0 fully saturated rings. The first-order chi connectivity index (χ1) is 12.1. The number of benzene rings is 1. The number of halogens is 6. The van der Waals surface area contributed by atoms with Gasteiger partial charge in [0.1, 0.15) is 11.3 Å². The molecule has 7 nitrogen and oxygen atoms in total. The van der Waals surface area contributed by atoms with E-state index in [1.807, 2.05) is 0 Å². The summed E-state index contributed by atoms with van der Waals surface area (Å²) in [5.41, 5.74) is -13.2. The van der Waals surface area contributed by atoms with Crippen molar-refractivity contribution < 1.29 is 47.6 Å². The summed E-state index contributed by atoms with van der Waals surface area (Å²) >= 11 is 0. The standard InChI is InChI=1S/C12H7F6NO6S2/c1-6-4-10(20)24-9-5-7(2-3-8(6)9)25-27(23,12(16,17)18)19-26(21,22)11(13,14)15/h2-5H,1H3. The number of hydrogen-bond acceptors (Lipinski definition) is 6. The second-order valence-electron chi connectivity index (χ2n) is 4.91. The number of sulfonamides is 1. The molecule has 0 spiro atoms. The van der Waals surface area contributed by atoms with Gasteiger partial charge in [0, 0.05) is 17.5 Å². The number of alkyl halides is 6. The first kappa shape index (κ1) is 21.0. The lowest BCUT2D eigenvalue weighted by atomic mass is 10.1. The Morgan fingerprint density at radius 2 is 1.59 bits per heavy atom. The molecule has 0 saturated heterocycles. The van der Waals surface area contributed by atoms with Crippen LogP contribution < -0.4 is 9.81 Å². The van der Waals surface area contributed by atoms with Gasteiger partial charge >= 0.3 is 36.7 Å². The Kier molecular flexibility index (Phi) is 4.98. The Hall–Kier alpha value is -2.29. The topological polar surface area (TPSA) is 103 Å². The van der Waals surface area contributed by atoms with E-state index in [0.29, 0.717) is 11.6 Å². The van der Waals surface area contributed by atoms with Crippen molar-refractivity contribution >= 4 is 31.0 Å². The third-order valence-electron chi connectivity index (χ3n) is 2.91. The van der Waals surface area contributed by atoms with Crippen molar-refractivity contribution in [2.24, 2.45) is 3.77 Å². The third kappa shape index (κ3) is 4.18. The molecule has 2 rings (SSSR count). The summed E-state index contributed by atoms with van der Waals surface area (Å²) in [4.78, 5) is 11.3. The molecule has 0 aliphatic rings. The molecule has 0 radical (unpaired) electrons. The highest BCUT2D eigenvalue weighted by molar-refractivity contribution is 8.01. The zero-order chi connectivity index (χ0) is 20.8. The minimum absolute atomic E-state index is 0.236. The van der Waals surface area contributed by atoms with Gasteiger partial charge in [-0.15, -0.1) is 0 Å². The van der Waals surface area contributed by atoms with Crippen molar-refractivity contribution in [3.8, 4) is 5.75 Å². The smallest absolute Gasteiger partial charge is 0.423 e. The van der Waals surface area contributed by atoms with Gasteiger partial charge in [0.15, 0.2) is 0 Å². The minimum Gasteiger partial charge on any atom is -0.423 e. The monoisotopic (exact) mass is 439 g/mol. The molecule has 0 bridgehead atoms. The molecule has 0 aliphatic carbocycles. The van der Waals surface area contributed by atoms with E-state index in [-0.39, 0.29) is 11.0 Å². The summed E-state index contributed by atoms with van der Waals surface area (Å²) in [5.74, 6) is -0.986. The van der Waals surface area contributed by atoms with Gasteiger partial charge < -0.3 is 8.60 Å². The van der Waals surface area contributed by atoms with Gasteiger partial charge in [0.25, 0.3) is 0 Å². The van der Waals surface area contributed by atoms with Crippen LogP contribution in [0.4, 0.5) is 26.3 Å². The molecule has 150 valence electrons. The van der Waals surface area contributed by atoms with Crippen molar-refractivity contribution in [3.63, 3.8) is 0 Å². The fraction of sp³-hybridized carbons (Fsp3) is 0.250. The molecule has 1 atom stereocenters. The molecule has 2 aromatic rings. The van der Waals surface area contributed by atoms with Crippen molar-refractivity contribution in [1.29, 1.82) is 0 Å². The molecule has 15 heteroatoms. The van der Waals surface area contributed by atoms with Crippen molar-refractivity contribution in [3.05, 3.63) is 40.2 Å². The van der Waals surface area contributed by atoms with E-state index in [9.17, 15) is 43.8 Å². The van der Waals surface area contributed by atoms with Crippen LogP contribution in [0.1, 0.15) is 5.56 Å². The third-order valence-corrected chi connectivity index (χ3v) is 6.07. The minimum atomic E-state index is -6.78. The maximum absolute atomic E-state index is 13.0. The summed E-state index contributed by atoms with van der Waals surface area (Å²) in [7, 11) is -13.2. The fourth-order valence-corrected chi connectivity index (χ4v) is 4.05. The normalized spacial score (nSPS) is 15.4. The van der Waals surface area contributed by atoms with E-state index >= 15 is 0 Å². The van der Waals surface area contributed by atoms with Crippen LogP contribution in [0.25, 0.3) is 11.0 Å². The fourth-order valence-electron chi connectivity index (χ4n) is 1.76. The Morgan fingerprint density at radius 1 is 1.00 bits per heavy atom. The summed E-state index contributed by atoms with van der Waals surface area (Å²) < 4.78 is 120. The quantitative estimate of drug-likeness (QED) is 0.538. The molecule has 0 aliphatic heterocycles. The lowest BCUT2D eigenvalue weighted by molar-refractivity contribution is -0.0470.